The first-order chi connectivity index (χ1) is 12.9. The van der Waals surface area contributed by atoms with Gasteiger partial charge in [-0.05, 0) is 30.3 Å². The van der Waals surface area contributed by atoms with Gasteiger partial charge < -0.3 is 19.5 Å². The van der Waals surface area contributed by atoms with E-state index in [1.54, 1.807) is 12.1 Å². The molecule has 146 valence electrons. The molecule has 0 bridgehead atoms. The molecule has 2 aromatic rings. The van der Waals surface area contributed by atoms with Gasteiger partial charge in [0.05, 0.1) is 18.7 Å². The van der Waals surface area contributed by atoms with Crippen LogP contribution in [0.15, 0.2) is 42.6 Å². The van der Waals surface area contributed by atoms with Crippen LogP contribution >= 0.6 is 0 Å². The number of carbonyl (C=O) groups is 1. The van der Waals surface area contributed by atoms with Gasteiger partial charge in [-0.25, -0.2) is 4.98 Å². The maximum Gasteiger partial charge on any atom is 0.416 e. The smallest absolute Gasteiger partial charge is 0.416 e. The summed E-state index contributed by atoms with van der Waals surface area (Å²) in [5.41, 5.74) is -0.551. The van der Waals surface area contributed by atoms with Crippen molar-refractivity contribution in [1.82, 2.24) is 10.3 Å². The molecule has 0 aliphatic rings. The van der Waals surface area contributed by atoms with Crippen molar-refractivity contribution in [1.29, 1.82) is 0 Å². The van der Waals surface area contributed by atoms with Crippen molar-refractivity contribution in [3.8, 4) is 11.6 Å². The average molecular weight is 384 g/mol. The maximum atomic E-state index is 12.7. The van der Waals surface area contributed by atoms with Crippen molar-refractivity contribution in [3.05, 3.63) is 53.7 Å². The number of halogens is 3. The minimum Gasteiger partial charge on any atom is -0.492 e. The van der Waals surface area contributed by atoms with Crippen LogP contribution in [0.1, 0.15) is 15.9 Å². The zero-order chi connectivity index (χ0) is 19.7. The zero-order valence-corrected chi connectivity index (χ0v) is 14.6. The first-order valence-electron chi connectivity index (χ1n) is 8.07. The number of amides is 1. The summed E-state index contributed by atoms with van der Waals surface area (Å²) < 4.78 is 53.5. The van der Waals surface area contributed by atoms with Crippen molar-refractivity contribution in [2.75, 3.05) is 33.5 Å². The van der Waals surface area contributed by atoms with Crippen LogP contribution in [0.3, 0.4) is 0 Å². The van der Waals surface area contributed by atoms with Gasteiger partial charge in [0.15, 0.2) is 0 Å². The summed E-state index contributed by atoms with van der Waals surface area (Å²) in [6, 6.07) is 7.69. The van der Waals surface area contributed by atoms with Crippen molar-refractivity contribution in [2.45, 2.75) is 6.18 Å². The Kier molecular flexibility index (Phi) is 7.42. The lowest BCUT2D eigenvalue weighted by Crippen LogP contribution is -2.28. The number of hydrogen-bond donors (Lipinski definition) is 1. The lowest BCUT2D eigenvalue weighted by molar-refractivity contribution is -0.137. The van der Waals surface area contributed by atoms with E-state index >= 15 is 0 Å². The fourth-order valence-corrected chi connectivity index (χ4v) is 2.09. The highest BCUT2D eigenvalue weighted by molar-refractivity contribution is 5.96. The molecule has 9 heteroatoms. The number of nitrogens with zero attached hydrogens (tertiary/aromatic N) is 1. The van der Waals surface area contributed by atoms with E-state index in [1.807, 2.05) is 0 Å². The normalized spacial score (nSPS) is 11.1. The molecular weight excluding hydrogens is 365 g/mol. The summed E-state index contributed by atoms with van der Waals surface area (Å²) in [6.45, 7) is 0.698. The van der Waals surface area contributed by atoms with Crippen LogP contribution in [0.4, 0.5) is 13.2 Å². The molecule has 6 nitrogen and oxygen atoms in total. The number of methoxy groups -OCH3 is 1. The summed E-state index contributed by atoms with van der Waals surface area (Å²) in [6.07, 6.45) is -2.94. The van der Waals surface area contributed by atoms with Crippen LogP contribution in [0, 0.1) is 0 Å². The predicted octanol–water partition coefficient (Wildman–Crippen LogP) is 2.93. The van der Waals surface area contributed by atoms with E-state index < -0.39 is 17.6 Å². The molecule has 1 heterocycles. The van der Waals surface area contributed by atoms with Crippen molar-refractivity contribution in [3.63, 3.8) is 0 Å². The Morgan fingerprint density at radius 2 is 1.93 bits per heavy atom. The Balaban J connectivity index is 1.85. The fraction of sp³-hybridized carbons (Fsp3) is 0.333. The monoisotopic (exact) mass is 384 g/mol. The molecule has 0 fully saturated rings. The average Bonchev–Trinajstić information content (AvgIpc) is 2.65. The van der Waals surface area contributed by atoms with Crippen molar-refractivity contribution >= 4 is 5.91 Å². The Morgan fingerprint density at radius 3 is 2.67 bits per heavy atom. The first-order valence-corrected chi connectivity index (χ1v) is 8.07. The van der Waals surface area contributed by atoms with E-state index in [0.29, 0.717) is 6.61 Å². The van der Waals surface area contributed by atoms with Gasteiger partial charge in [-0.15, -0.1) is 0 Å². The van der Waals surface area contributed by atoms with E-state index in [1.165, 1.54) is 25.4 Å². The van der Waals surface area contributed by atoms with Gasteiger partial charge in [-0.2, -0.15) is 13.2 Å². The van der Waals surface area contributed by atoms with E-state index in [9.17, 15) is 18.0 Å². The molecule has 27 heavy (non-hydrogen) atoms. The van der Waals surface area contributed by atoms with E-state index in [0.717, 1.165) is 12.1 Å². The second-order valence-electron chi connectivity index (χ2n) is 5.33. The van der Waals surface area contributed by atoms with Gasteiger partial charge in [0.1, 0.15) is 24.5 Å². The number of benzene rings is 1. The van der Waals surface area contributed by atoms with E-state index in [4.69, 9.17) is 14.2 Å². The van der Waals surface area contributed by atoms with Gasteiger partial charge in [0.25, 0.3) is 5.91 Å². The van der Waals surface area contributed by atoms with Crippen LogP contribution in [0.2, 0.25) is 0 Å². The van der Waals surface area contributed by atoms with Gasteiger partial charge in [0, 0.05) is 13.3 Å². The Hall–Kier alpha value is -2.81. The maximum absolute atomic E-state index is 12.7. The van der Waals surface area contributed by atoms with Crippen LogP contribution in [-0.4, -0.2) is 44.4 Å². The van der Waals surface area contributed by atoms with Crippen molar-refractivity contribution in [2.24, 2.45) is 0 Å². The number of hydrogen-bond acceptors (Lipinski definition) is 5. The summed E-state index contributed by atoms with van der Waals surface area (Å²) in [7, 11) is 1.53. The predicted molar refractivity (Wildman–Crippen MR) is 90.9 cm³/mol. The largest absolute Gasteiger partial charge is 0.492 e. The molecule has 2 rings (SSSR count). The highest BCUT2D eigenvalue weighted by Crippen LogP contribution is 2.31. The Morgan fingerprint density at radius 1 is 1.11 bits per heavy atom. The lowest BCUT2D eigenvalue weighted by Gasteiger charge is -2.12. The molecule has 1 N–H and O–H groups in total. The Labute approximate surface area is 154 Å². The van der Waals surface area contributed by atoms with Crippen LogP contribution in [-0.2, 0) is 10.9 Å². The van der Waals surface area contributed by atoms with E-state index in [2.05, 4.69) is 10.3 Å². The number of carbonyl (C=O) groups excluding carboxylic acids is 1. The zero-order valence-electron chi connectivity index (χ0n) is 14.6. The quantitative estimate of drug-likeness (QED) is 0.674. The second kappa shape index (κ2) is 9.77. The Bertz CT molecular complexity index is 753. The molecule has 0 aliphatic heterocycles. The highest BCUT2D eigenvalue weighted by atomic mass is 19.4. The SMILES string of the molecule is COCCOc1ncccc1C(=O)NCCOc1cccc(C(F)(F)F)c1. The molecule has 0 radical (unpaired) electrons. The van der Waals surface area contributed by atoms with Gasteiger partial charge in [0.2, 0.25) is 5.88 Å². The summed E-state index contributed by atoms with van der Waals surface area (Å²) >= 11 is 0. The van der Waals surface area contributed by atoms with Gasteiger partial charge in [-0.3, -0.25) is 4.79 Å². The molecule has 0 unspecified atom stereocenters. The first kappa shape index (κ1) is 20.5. The lowest BCUT2D eigenvalue weighted by atomic mass is 10.2. The summed E-state index contributed by atoms with van der Waals surface area (Å²) in [4.78, 5) is 16.2. The summed E-state index contributed by atoms with van der Waals surface area (Å²) in [5, 5.41) is 2.61. The molecule has 0 saturated carbocycles. The van der Waals surface area contributed by atoms with Crippen molar-refractivity contribution < 1.29 is 32.2 Å². The number of aromatic nitrogens is 1. The number of nitrogens with one attached hydrogen (secondary N) is 1. The third kappa shape index (κ3) is 6.45. The molecule has 0 aliphatic carbocycles. The third-order valence-electron chi connectivity index (χ3n) is 3.36. The minimum absolute atomic E-state index is 0.00712. The highest BCUT2D eigenvalue weighted by Gasteiger charge is 2.30. The molecular formula is C18H19F3N2O4. The molecule has 0 spiro atoms. The van der Waals surface area contributed by atoms with Crippen LogP contribution < -0.4 is 14.8 Å². The number of rotatable bonds is 9. The molecule has 0 saturated heterocycles. The van der Waals surface area contributed by atoms with Gasteiger partial charge in [-0.1, -0.05) is 6.07 Å². The minimum atomic E-state index is -4.44. The van der Waals surface area contributed by atoms with Gasteiger partial charge >= 0.3 is 6.18 Å². The van der Waals surface area contributed by atoms with Crippen LogP contribution in [0.5, 0.6) is 11.6 Å². The number of alkyl halides is 3. The molecule has 0 atom stereocenters. The standard InChI is InChI=1S/C18H19F3N2O4/c1-25-10-11-27-17-15(6-3-7-23-17)16(24)22-8-9-26-14-5-2-4-13(12-14)18(19,20)21/h2-7,12H,8-11H2,1H3,(H,22,24). The number of pyridine rings is 1. The number of ether oxygens (including phenoxy) is 3. The molecule has 1 aromatic carbocycles. The molecule has 1 aromatic heterocycles. The molecule has 1 amide bonds. The summed E-state index contributed by atoms with van der Waals surface area (Å²) in [5.74, 6) is -0.182. The fourth-order valence-electron chi connectivity index (χ4n) is 2.09. The third-order valence-corrected chi connectivity index (χ3v) is 3.36. The topological polar surface area (TPSA) is 69.7 Å². The van der Waals surface area contributed by atoms with Crippen LogP contribution in [0.25, 0.3) is 0 Å². The van der Waals surface area contributed by atoms with E-state index in [-0.39, 0.29) is 37.0 Å². The second-order valence-corrected chi connectivity index (χ2v) is 5.33.